The molecule has 8 heteroatoms. The molecule has 1 fully saturated rings. The van der Waals surface area contributed by atoms with E-state index in [9.17, 15) is 14.4 Å². The predicted octanol–water partition coefficient (Wildman–Crippen LogP) is 4.10. The number of carbonyl (C=O) groups is 3. The van der Waals surface area contributed by atoms with Crippen LogP contribution in [0.5, 0.6) is 0 Å². The number of imide groups is 1. The maximum absolute atomic E-state index is 13.1. The first-order chi connectivity index (χ1) is 13.3. The molecule has 1 atom stereocenters. The second-order valence-corrected chi connectivity index (χ2v) is 7.33. The van der Waals surface area contributed by atoms with Crippen molar-refractivity contribution in [3.05, 3.63) is 63.6 Å². The summed E-state index contributed by atoms with van der Waals surface area (Å²) in [5.41, 5.74) is 0.483. The van der Waals surface area contributed by atoms with Crippen LogP contribution in [0.3, 0.4) is 0 Å². The summed E-state index contributed by atoms with van der Waals surface area (Å²) in [6.07, 6.45) is 0.356. The molecule has 146 valence electrons. The van der Waals surface area contributed by atoms with Gasteiger partial charge in [0, 0.05) is 0 Å². The number of anilines is 1. The van der Waals surface area contributed by atoms with Gasteiger partial charge in [0.2, 0.25) is 5.91 Å². The van der Waals surface area contributed by atoms with Gasteiger partial charge >= 0.3 is 6.03 Å². The van der Waals surface area contributed by atoms with Crippen LogP contribution in [-0.4, -0.2) is 29.3 Å². The van der Waals surface area contributed by atoms with Gasteiger partial charge in [-0.3, -0.25) is 14.5 Å². The minimum absolute atomic E-state index is 0.255. The molecule has 2 aromatic rings. The van der Waals surface area contributed by atoms with E-state index in [2.05, 4.69) is 10.6 Å². The predicted molar refractivity (Wildman–Crippen MR) is 108 cm³/mol. The number of rotatable bonds is 5. The number of amides is 4. The lowest BCUT2D eigenvalue weighted by Crippen LogP contribution is -2.44. The van der Waals surface area contributed by atoms with Crippen molar-refractivity contribution in [2.45, 2.75) is 25.8 Å². The highest BCUT2D eigenvalue weighted by atomic mass is 35.5. The molecule has 2 aromatic carbocycles. The average Bonchev–Trinajstić information content (AvgIpc) is 2.94. The molecule has 6 nitrogen and oxygen atoms in total. The van der Waals surface area contributed by atoms with Gasteiger partial charge in [-0.05, 0) is 30.5 Å². The molecular formula is C20H19Cl2N3O3. The molecule has 1 aliphatic rings. The van der Waals surface area contributed by atoms with Crippen LogP contribution in [0.4, 0.5) is 10.5 Å². The van der Waals surface area contributed by atoms with Gasteiger partial charge in [0.25, 0.3) is 5.91 Å². The van der Waals surface area contributed by atoms with Crippen molar-refractivity contribution in [1.82, 2.24) is 10.2 Å². The van der Waals surface area contributed by atoms with Crippen LogP contribution in [-0.2, 0) is 15.1 Å². The molecule has 28 heavy (non-hydrogen) atoms. The number of hydrogen-bond donors (Lipinski definition) is 2. The van der Waals surface area contributed by atoms with Crippen LogP contribution < -0.4 is 10.6 Å². The fourth-order valence-corrected chi connectivity index (χ4v) is 3.69. The first kappa shape index (κ1) is 20.2. The summed E-state index contributed by atoms with van der Waals surface area (Å²) >= 11 is 12.3. The minimum Gasteiger partial charge on any atom is -0.322 e. The zero-order valence-electron chi connectivity index (χ0n) is 15.4. The van der Waals surface area contributed by atoms with Gasteiger partial charge in [-0.1, -0.05) is 66.5 Å². The van der Waals surface area contributed by atoms with E-state index in [0.29, 0.717) is 17.0 Å². The highest BCUT2D eigenvalue weighted by Crippen LogP contribution is 2.34. The summed E-state index contributed by atoms with van der Waals surface area (Å²) in [5.74, 6) is -1.04. The van der Waals surface area contributed by atoms with Crippen molar-refractivity contribution in [1.29, 1.82) is 0 Å². The molecule has 0 aliphatic carbocycles. The van der Waals surface area contributed by atoms with E-state index >= 15 is 0 Å². The highest BCUT2D eigenvalue weighted by Gasteiger charge is 2.51. The number of hydrogen-bond acceptors (Lipinski definition) is 3. The Labute approximate surface area is 172 Å². The van der Waals surface area contributed by atoms with E-state index < -0.39 is 29.9 Å². The first-order valence-electron chi connectivity index (χ1n) is 8.74. The van der Waals surface area contributed by atoms with E-state index in [0.717, 1.165) is 10.5 Å². The van der Waals surface area contributed by atoms with Gasteiger partial charge < -0.3 is 10.6 Å². The summed E-state index contributed by atoms with van der Waals surface area (Å²) < 4.78 is 0. The van der Waals surface area contributed by atoms with Crippen LogP contribution in [0.2, 0.25) is 10.0 Å². The Morgan fingerprint density at radius 1 is 1.14 bits per heavy atom. The van der Waals surface area contributed by atoms with Crippen LogP contribution in [0.25, 0.3) is 0 Å². The smallest absolute Gasteiger partial charge is 0.322 e. The number of carbonyl (C=O) groups excluding carboxylic acids is 3. The Balaban J connectivity index is 1.82. The maximum Gasteiger partial charge on any atom is 0.325 e. The van der Waals surface area contributed by atoms with E-state index in [1.165, 1.54) is 0 Å². The second-order valence-electron chi connectivity index (χ2n) is 6.55. The van der Waals surface area contributed by atoms with Crippen molar-refractivity contribution in [2.24, 2.45) is 0 Å². The zero-order valence-corrected chi connectivity index (χ0v) is 16.9. The summed E-state index contributed by atoms with van der Waals surface area (Å²) in [6.45, 7) is 3.14. The molecule has 1 heterocycles. The number of nitrogens with zero attached hydrogens (tertiary/aromatic N) is 1. The Bertz CT molecular complexity index is 949. The number of halogens is 2. The second kappa shape index (κ2) is 7.81. The topological polar surface area (TPSA) is 78.5 Å². The van der Waals surface area contributed by atoms with E-state index in [1.54, 1.807) is 50.2 Å². The SMILES string of the molecule is CC[C@]1(c2ccccc2)NC(=O)N(CC(=O)Nc2c(Cl)ccc(C)c2Cl)C1=O. The quantitative estimate of drug-likeness (QED) is 0.715. The summed E-state index contributed by atoms with van der Waals surface area (Å²) in [4.78, 5) is 38.9. The van der Waals surface area contributed by atoms with Gasteiger partial charge in [0.1, 0.15) is 12.1 Å². The Morgan fingerprint density at radius 3 is 2.46 bits per heavy atom. The maximum atomic E-state index is 13.1. The lowest BCUT2D eigenvalue weighted by Gasteiger charge is -2.25. The zero-order chi connectivity index (χ0) is 20.5. The number of urea groups is 1. The van der Waals surface area contributed by atoms with Crippen molar-refractivity contribution < 1.29 is 14.4 Å². The number of benzene rings is 2. The molecule has 2 N–H and O–H groups in total. The Morgan fingerprint density at radius 2 is 1.82 bits per heavy atom. The average molecular weight is 420 g/mol. The van der Waals surface area contributed by atoms with Crippen LogP contribution in [0.1, 0.15) is 24.5 Å². The molecule has 4 amide bonds. The molecular weight excluding hydrogens is 401 g/mol. The highest BCUT2D eigenvalue weighted by molar-refractivity contribution is 6.40. The van der Waals surface area contributed by atoms with Crippen LogP contribution >= 0.6 is 23.2 Å². The van der Waals surface area contributed by atoms with Crippen molar-refractivity contribution >= 4 is 46.7 Å². The number of aryl methyl sites for hydroxylation is 1. The Kier molecular flexibility index (Phi) is 5.63. The standard InChI is InChI=1S/C20H19Cl2N3O3/c1-3-20(13-7-5-4-6-8-13)18(27)25(19(28)24-20)11-15(26)23-17-14(21)10-9-12(2)16(17)22/h4-10H,3,11H2,1-2H3,(H,23,26)(H,24,28)/t20-/m1/s1. The van der Waals surface area contributed by atoms with Crippen molar-refractivity contribution in [2.75, 3.05) is 11.9 Å². The monoisotopic (exact) mass is 419 g/mol. The molecule has 3 rings (SSSR count). The Hall–Kier alpha value is -2.57. The van der Waals surface area contributed by atoms with Crippen molar-refractivity contribution in [3.8, 4) is 0 Å². The third-order valence-electron chi connectivity index (χ3n) is 4.82. The van der Waals surface area contributed by atoms with Gasteiger partial charge in [-0.2, -0.15) is 0 Å². The molecule has 0 aromatic heterocycles. The summed E-state index contributed by atoms with van der Waals surface area (Å²) in [6, 6.07) is 11.7. The van der Waals surface area contributed by atoms with Gasteiger partial charge in [-0.15, -0.1) is 0 Å². The molecule has 0 spiro atoms. The molecule has 1 aliphatic heterocycles. The van der Waals surface area contributed by atoms with Crippen LogP contribution in [0.15, 0.2) is 42.5 Å². The van der Waals surface area contributed by atoms with Crippen LogP contribution in [0, 0.1) is 6.92 Å². The van der Waals surface area contributed by atoms with E-state index in [4.69, 9.17) is 23.2 Å². The molecule has 0 bridgehead atoms. The third kappa shape index (κ3) is 3.45. The lowest BCUT2D eigenvalue weighted by atomic mass is 9.87. The summed E-state index contributed by atoms with van der Waals surface area (Å²) in [7, 11) is 0. The summed E-state index contributed by atoms with van der Waals surface area (Å²) in [5, 5.41) is 5.92. The van der Waals surface area contributed by atoms with E-state index in [1.807, 2.05) is 6.07 Å². The third-order valence-corrected chi connectivity index (χ3v) is 5.63. The fraction of sp³-hybridized carbons (Fsp3) is 0.250. The largest absolute Gasteiger partial charge is 0.325 e. The normalized spacial score (nSPS) is 18.9. The first-order valence-corrected chi connectivity index (χ1v) is 9.50. The molecule has 0 saturated carbocycles. The number of nitrogens with one attached hydrogen (secondary N) is 2. The van der Waals surface area contributed by atoms with Crippen molar-refractivity contribution in [3.63, 3.8) is 0 Å². The lowest BCUT2D eigenvalue weighted by molar-refractivity contribution is -0.134. The molecule has 0 unspecified atom stereocenters. The fourth-order valence-electron chi connectivity index (χ4n) is 3.23. The molecule has 0 radical (unpaired) electrons. The van der Waals surface area contributed by atoms with Gasteiger partial charge in [-0.25, -0.2) is 4.79 Å². The van der Waals surface area contributed by atoms with Gasteiger partial charge in [0.05, 0.1) is 15.7 Å². The molecule has 1 saturated heterocycles. The minimum atomic E-state index is -1.18. The van der Waals surface area contributed by atoms with E-state index in [-0.39, 0.29) is 10.7 Å². The van der Waals surface area contributed by atoms with Gasteiger partial charge in [0.15, 0.2) is 0 Å².